The largest absolute Gasteiger partial charge is 0.388 e. The normalized spacial score (nSPS) is 15.5. The van der Waals surface area contributed by atoms with Crippen LogP contribution in [-0.4, -0.2) is 27.3 Å². The number of aromatic nitrogens is 3. The molecule has 1 aliphatic carbocycles. The van der Waals surface area contributed by atoms with Gasteiger partial charge in [-0.3, -0.25) is 9.48 Å². The molecule has 1 aliphatic rings. The minimum Gasteiger partial charge on any atom is -0.388 e. The van der Waals surface area contributed by atoms with E-state index in [2.05, 4.69) is 15.6 Å². The average Bonchev–Trinajstić information content (AvgIpc) is 2.84. The Balaban J connectivity index is 1.63. The molecule has 1 aromatic heterocycles. The summed E-state index contributed by atoms with van der Waals surface area (Å²) in [6, 6.07) is 0. The maximum atomic E-state index is 10.9. The van der Waals surface area contributed by atoms with Crippen LogP contribution in [0, 0.1) is 0 Å². The molecule has 80 valence electrons. The summed E-state index contributed by atoms with van der Waals surface area (Å²) in [5.41, 5.74) is 1.07. The third-order valence-corrected chi connectivity index (χ3v) is 2.36. The monoisotopic (exact) mass is 206 g/mol. The molecule has 0 unspecified atom stereocenters. The van der Waals surface area contributed by atoms with Crippen LogP contribution >= 0.6 is 0 Å². The summed E-state index contributed by atoms with van der Waals surface area (Å²) in [5, 5.41) is 10.8. The van der Waals surface area contributed by atoms with Gasteiger partial charge in [-0.1, -0.05) is 5.21 Å². The second-order valence-electron chi connectivity index (χ2n) is 3.58. The van der Waals surface area contributed by atoms with Gasteiger partial charge >= 0.3 is 0 Å². The van der Waals surface area contributed by atoms with Gasteiger partial charge in [0.2, 0.25) is 0 Å². The van der Waals surface area contributed by atoms with Crippen molar-refractivity contribution in [3.63, 3.8) is 0 Å². The first-order valence-electron chi connectivity index (χ1n) is 5.16. The van der Waals surface area contributed by atoms with Crippen molar-refractivity contribution in [2.24, 2.45) is 0 Å². The van der Waals surface area contributed by atoms with Crippen molar-refractivity contribution >= 4 is 5.78 Å². The Kier molecular flexibility index (Phi) is 3.11. The maximum absolute atomic E-state index is 10.9. The Morgan fingerprint density at radius 3 is 3.07 bits per heavy atom. The van der Waals surface area contributed by atoms with Gasteiger partial charge in [-0.15, -0.1) is 5.10 Å². The van der Waals surface area contributed by atoms with Crippen molar-refractivity contribution in [3.8, 4) is 0 Å². The number of hydrogen-bond acceptors (Lipinski definition) is 4. The van der Waals surface area contributed by atoms with Gasteiger partial charge in [-0.25, -0.2) is 0 Å². The van der Waals surface area contributed by atoms with Crippen LogP contribution in [0.3, 0.4) is 0 Å². The number of aryl methyl sites for hydroxylation is 1. The highest BCUT2D eigenvalue weighted by atomic mass is 16.1. The van der Waals surface area contributed by atoms with E-state index < -0.39 is 0 Å². The van der Waals surface area contributed by atoms with Crippen molar-refractivity contribution in [1.82, 2.24) is 20.3 Å². The van der Waals surface area contributed by atoms with E-state index in [1.807, 2.05) is 6.20 Å². The topological polar surface area (TPSA) is 59.8 Å². The fourth-order valence-electron chi connectivity index (χ4n) is 1.58. The standard InChI is InChI=1S/C10H14N4O/c15-10-3-2-9(8-10)11-4-1-6-14-7-5-12-13-14/h5,7-8,11H,1-4,6H2. The molecule has 0 spiro atoms. The fourth-order valence-corrected chi connectivity index (χ4v) is 1.58. The molecule has 1 N–H and O–H groups in total. The van der Waals surface area contributed by atoms with Gasteiger partial charge in [0.25, 0.3) is 0 Å². The lowest BCUT2D eigenvalue weighted by Crippen LogP contribution is -2.15. The molecule has 0 amide bonds. The highest BCUT2D eigenvalue weighted by Crippen LogP contribution is 2.11. The molecule has 0 fully saturated rings. The van der Waals surface area contributed by atoms with Crippen LogP contribution in [0.4, 0.5) is 0 Å². The van der Waals surface area contributed by atoms with Crippen molar-refractivity contribution in [2.45, 2.75) is 25.8 Å². The number of hydrogen-bond donors (Lipinski definition) is 1. The molecule has 15 heavy (non-hydrogen) atoms. The summed E-state index contributed by atoms with van der Waals surface area (Å²) >= 11 is 0. The molecule has 0 aliphatic heterocycles. The van der Waals surface area contributed by atoms with Gasteiger partial charge in [0.05, 0.1) is 6.20 Å². The van der Waals surface area contributed by atoms with Gasteiger partial charge in [-0.2, -0.15) is 0 Å². The Morgan fingerprint density at radius 2 is 2.40 bits per heavy atom. The molecule has 0 radical (unpaired) electrons. The third kappa shape index (κ3) is 2.90. The van der Waals surface area contributed by atoms with E-state index in [4.69, 9.17) is 0 Å². The van der Waals surface area contributed by atoms with Crippen LogP contribution in [0.25, 0.3) is 0 Å². The van der Waals surface area contributed by atoms with E-state index in [0.29, 0.717) is 6.42 Å². The molecule has 0 bridgehead atoms. The number of carbonyl (C=O) groups excluding carboxylic acids is 1. The van der Waals surface area contributed by atoms with Crippen LogP contribution in [0.15, 0.2) is 24.2 Å². The molecule has 1 heterocycles. The summed E-state index contributed by atoms with van der Waals surface area (Å²) in [6.45, 7) is 1.73. The Hall–Kier alpha value is -1.65. The zero-order valence-electron chi connectivity index (χ0n) is 8.52. The van der Waals surface area contributed by atoms with Gasteiger partial charge in [0, 0.05) is 37.5 Å². The highest BCUT2D eigenvalue weighted by Gasteiger charge is 2.10. The summed E-state index contributed by atoms with van der Waals surface area (Å²) in [5.74, 6) is 0.230. The number of allylic oxidation sites excluding steroid dienone is 2. The Bertz CT molecular complexity index is 356. The lowest BCUT2D eigenvalue weighted by atomic mass is 10.3. The molecule has 0 saturated carbocycles. The van der Waals surface area contributed by atoms with Gasteiger partial charge in [0.1, 0.15) is 0 Å². The fraction of sp³-hybridized carbons (Fsp3) is 0.500. The first-order valence-corrected chi connectivity index (χ1v) is 5.16. The molecule has 2 rings (SSSR count). The predicted octanol–water partition coefficient (Wildman–Crippen LogP) is 0.505. The van der Waals surface area contributed by atoms with Gasteiger partial charge in [0.15, 0.2) is 5.78 Å². The molecule has 5 nitrogen and oxygen atoms in total. The third-order valence-electron chi connectivity index (χ3n) is 2.36. The SMILES string of the molecule is O=C1C=C(NCCCn2ccnn2)CC1. The zero-order chi connectivity index (χ0) is 10.5. The lowest BCUT2D eigenvalue weighted by Gasteiger charge is -2.05. The Morgan fingerprint density at radius 1 is 1.47 bits per heavy atom. The molecule has 0 atom stereocenters. The lowest BCUT2D eigenvalue weighted by molar-refractivity contribution is -0.114. The molecule has 1 aromatic rings. The summed E-state index contributed by atoms with van der Waals surface area (Å²) in [6.07, 6.45) is 7.72. The van der Waals surface area contributed by atoms with Crippen LogP contribution in [-0.2, 0) is 11.3 Å². The maximum Gasteiger partial charge on any atom is 0.157 e. The molecule has 0 aromatic carbocycles. The number of nitrogens with zero attached hydrogens (tertiary/aromatic N) is 3. The quantitative estimate of drug-likeness (QED) is 0.713. The molecule has 0 saturated heterocycles. The van der Waals surface area contributed by atoms with Gasteiger partial charge < -0.3 is 5.32 Å². The summed E-state index contributed by atoms with van der Waals surface area (Å²) in [4.78, 5) is 10.9. The van der Waals surface area contributed by atoms with E-state index in [9.17, 15) is 4.79 Å². The van der Waals surface area contributed by atoms with E-state index >= 15 is 0 Å². The number of rotatable bonds is 5. The predicted molar refractivity (Wildman–Crippen MR) is 55.0 cm³/mol. The second-order valence-corrected chi connectivity index (χ2v) is 3.58. The number of carbonyl (C=O) groups is 1. The van der Waals surface area contributed by atoms with Crippen LogP contribution < -0.4 is 5.32 Å². The first kappa shape index (κ1) is 9.89. The van der Waals surface area contributed by atoms with Crippen molar-refractivity contribution in [3.05, 3.63) is 24.2 Å². The zero-order valence-corrected chi connectivity index (χ0v) is 8.52. The first-order chi connectivity index (χ1) is 7.34. The molecular weight excluding hydrogens is 192 g/mol. The second kappa shape index (κ2) is 4.72. The van der Waals surface area contributed by atoms with Crippen LogP contribution in [0.2, 0.25) is 0 Å². The molecular formula is C10H14N4O. The summed E-state index contributed by atoms with van der Waals surface area (Å²) < 4.78 is 1.80. The van der Waals surface area contributed by atoms with E-state index in [1.165, 1.54) is 0 Å². The van der Waals surface area contributed by atoms with E-state index in [1.54, 1.807) is 17.0 Å². The summed E-state index contributed by atoms with van der Waals surface area (Å²) in [7, 11) is 0. The van der Waals surface area contributed by atoms with Crippen molar-refractivity contribution in [2.75, 3.05) is 6.54 Å². The Labute approximate surface area is 88.2 Å². The van der Waals surface area contributed by atoms with E-state index in [0.717, 1.165) is 31.6 Å². The minimum absolute atomic E-state index is 0.230. The van der Waals surface area contributed by atoms with Crippen LogP contribution in [0.1, 0.15) is 19.3 Å². The number of ketones is 1. The van der Waals surface area contributed by atoms with Gasteiger partial charge in [-0.05, 0) is 12.8 Å². The number of nitrogens with one attached hydrogen (secondary N) is 1. The van der Waals surface area contributed by atoms with Crippen LogP contribution in [0.5, 0.6) is 0 Å². The van der Waals surface area contributed by atoms with E-state index in [-0.39, 0.29) is 5.78 Å². The highest BCUT2D eigenvalue weighted by molar-refractivity contribution is 5.92. The van der Waals surface area contributed by atoms with Crippen molar-refractivity contribution < 1.29 is 4.79 Å². The minimum atomic E-state index is 0.230. The average molecular weight is 206 g/mol. The van der Waals surface area contributed by atoms with Crippen molar-refractivity contribution in [1.29, 1.82) is 0 Å². The molecule has 5 heteroatoms. The smallest absolute Gasteiger partial charge is 0.157 e.